The molecule has 0 aliphatic heterocycles. The molecule has 6 nitrogen and oxygen atoms in total. The third-order valence-corrected chi connectivity index (χ3v) is 1.56. The number of hydrogen-bond acceptors (Lipinski definition) is 4. The minimum absolute atomic E-state index is 0.0289. The number of nitro groups is 1. The maximum Gasteiger partial charge on any atom is 0.332 e. The van der Waals surface area contributed by atoms with Gasteiger partial charge in [0.15, 0.2) is 0 Å². The minimum atomic E-state index is -0.765. The summed E-state index contributed by atoms with van der Waals surface area (Å²) in [6.07, 6.45) is 2.40. The molecule has 0 unspecified atom stereocenters. The molecular weight excluding hydrogens is 188 g/mol. The third kappa shape index (κ3) is 2.25. The van der Waals surface area contributed by atoms with E-state index in [1.807, 2.05) is 0 Å². The number of nitrogens with zero attached hydrogens (tertiary/aromatic N) is 2. The van der Waals surface area contributed by atoms with Gasteiger partial charge in [0.2, 0.25) is 0 Å². The molecule has 0 atom stereocenters. The molecule has 1 aromatic heterocycles. The van der Waals surface area contributed by atoms with Gasteiger partial charge in [0.25, 0.3) is 5.43 Å². The van der Waals surface area contributed by atoms with Crippen molar-refractivity contribution in [1.82, 2.24) is 4.57 Å². The van der Waals surface area contributed by atoms with Crippen molar-refractivity contribution < 1.29 is 9.72 Å². The molecule has 0 fully saturated rings. The molecule has 0 N–H and O–H groups in total. The van der Waals surface area contributed by atoms with E-state index < -0.39 is 16.0 Å². The Hall–Kier alpha value is -1.98. The normalized spacial score (nSPS) is 9.79. The summed E-state index contributed by atoms with van der Waals surface area (Å²) in [5.41, 5.74) is -1.18. The smallest absolute Gasteiger partial charge is 0.332 e. The predicted octanol–water partition coefficient (Wildman–Crippen LogP) is 0.346. The Labute approximate surface area is 78.9 Å². The predicted molar refractivity (Wildman–Crippen MR) is 48.0 cm³/mol. The van der Waals surface area contributed by atoms with Crippen molar-refractivity contribution in [3.05, 3.63) is 38.8 Å². The van der Waals surface area contributed by atoms with E-state index in [-0.39, 0.29) is 12.3 Å². The summed E-state index contributed by atoms with van der Waals surface area (Å²) in [6.45, 7) is 1.39. The second-order valence-corrected chi connectivity index (χ2v) is 2.83. The Morgan fingerprint density at radius 1 is 1.64 bits per heavy atom. The number of pyridine rings is 1. The molecule has 0 spiro atoms. The van der Waals surface area contributed by atoms with Gasteiger partial charge in [0, 0.05) is 12.3 Å². The molecule has 74 valence electrons. The molecule has 1 aromatic rings. The van der Waals surface area contributed by atoms with Gasteiger partial charge < -0.3 is 4.57 Å². The first kappa shape index (κ1) is 10.1. The summed E-state index contributed by atoms with van der Waals surface area (Å²) in [7, 11) is 0. The summed E-state index contributed by atoms with van der Waals surface area (Å²) < 4.78 is 1.31. The summed E-state index contributed by atoms with van der Waals surface area (Å²) in [5, 5.41) is 10.4. The standard InChI is InChI=1S/C8H8N2O4/c1-6(11)4-9-3-2-8(12)7(5-9)10(13)14/h2-3,5H,4H2,1H3. The van der Waals surface area contributed by atoms with E-state index in [9.17, 15) is 19.7 Å². The second-order valence-electron chi connectivity index (χ2n) is 2.83. The van der Waals surface area contributed by atoms with Crippen molar-refractivity contribution in [1.29, 1.82) is 0 Å². The average molecular weight is 196 g/mol. The highest BCUT2D eigenvalue weighted by atomic mass is 16.6. The molecule has 14 heavy (non-hydrogen) atoms. The average Bonchev–Trinajstić information content (AvgIpc) is 2.07. The summed E-state index contributed by atoms with van der Waals surface area (Å²) in [4.78, 5) is 31.3. The van der Waals surface area contributed by atoms with Gasteiger partial charge in [-0.2, -0.15) is 0 Å². The first-order chi connectivity index (χ1) is 6.50. The fourth-order valence-electron chi connectivity index (χ4n) is 1.01. The largest absolute Gasteiger partial charge is 0.341 e. The summed E-state index contributed by atoms with van der Waals surface area (Å²) >= 11 is 0. The van der Waals surface area contributed by atoms with E-state index in [1.54, 1.807) is 0 Å². The van der Waals surface area contributed by atoms with Gasteiger partial charge in [-0.3, -0.25) is 19.7 Å². The number of rotatable bonds is 3. The summed E-state index contributed by atoms with van der Waals surface area (Å²) in [6, 6.07) is 1.07. The Morgan fingerprint density at radius 3 is 2.79 bits per heavy atom. The first-order valence-corrected chi connectivity index (χ1v) is 3.84. The van der Waals surface area contributed by atoms with Crippen LogP contribution in [0.25, 0.3) is 0 Å². The van der Waals surface area contributed by atoms with Crippen molar-refractivity contribution >= 4 is 11.5 Å². The van der Waals surface area contributed by atoms with Crippen LogP contribution in [0, 0.1) is 10.1 Å². The van der Waals surface area contributed by atoms with E-state index in [4.69, 9.17) is 0 Å². The van der Waals surface area contributed by atoms with Gasteiger partial charge in [0.1, 0.15) is 5.78 Å². The zero-order valence-electron chi connectivity index (χ0n) is 7.47. The maximum absolute atomic E-state index is 11.0. The highest BCUT2D eigenvalue weighted by Gasteiger charge is 2.11. The number of carbonyl (C=O) groups is 1. The van der Waals surface area contributed by atoms with Crippen molar-refractivity contribution in [3.8, 4) is 0 Å². The Kier molecular flexibility index (Phi) is 2.76. The second kappa shape index (κ2) is 3.82. The Morgan fingerprint density at radius 2 is 2.29 bits per heavy atom. The molecule has 0 radical (unpaired) electrons. The van der Waals surface area contributed by atoms with Crippen LogP contribution in [0.2, 0.25) is 0 Å². The van der Waals surface area contributed by atoms with Crippen molar-refractivity contribution in [2.45, 2.75) is 13.5 Å². The zero-order chi connectivity index (χ0) is 10.7. The van der Waals surface area contributed by atoms with Crippen LogP contribution in [0.5, 0.6) is 0 Å². The third-order valence-electron chi connectivity index (χ3n) is 1.56. The van der Waals surface area contributed by atoms with E-state index in [1.165, 1.54) is 17.7 Å². The van der Waals surface area contributed by atoms with Gasteiger partial charge in [-0.15, -0.1) is 0 Å². The van der Waals surface area contributed by atoms with E-state index >= 15 is 0 Å². The molecule has 0 saturated carbocycles. The van der Waals surface area contributed by atoms with Gasteiger partial charge >= 0.3 is 5.69 Å². The lowest BCUT2D eigenvalue weighted by molar-refractivity contribution is -0.386. The minimum Gasteiger partial charge on any atom is -0.341 e. The van der Waals surface area contributed by atoms with Crippen molar-refractivity contribution in [3.63, 3.8) is 0 Å². The number of ketones is 1. The van der Waals surface area contributed by atoms with Gasteiger partial charge in [0.05, 0.1) is 17.7 Å². The van der Waals surface area contributed by atoms with Crippen LogP contribution in [0.1, 0.15) is 6.92 Å². The van der Waals surface area contributed by atoms with Crippen LogP contribution in [-0.4, -0.2) is 15.3 Å². The number of carbonyl (C=O) groups excluding carboxylic acids is 1. The van der Waals surface area contributed by atoms with Crippen LogP contribution < -0.4 is 5.43 Å². The molecule has 0 bridgehead atoms. The van der Waals surface area contributed by atoms with E-state index in [0.717, 1.165) is 12.3 Å². The lowest BCUT2D eigenvalue weighted by Gasteiger charge is -2.01. The number of aromatic nitrogens is 1. The molecular formula is C8H8N2O4. The van der Waals surface area contributed by atoms with Crippen molar-refractivity contribution in [2.75, 3.05) is 0 Å². The van der Waals surface area contributed by atoms with E-state index in [2.05, 4.69) is 0 Å². The number of Topliss-reactive ketones (excluding diaryl/α,β-unsaturated/α-hetero) is 1. The van der Waals surface area contributed by atoms with E-state index in [0.29, 0.717) is 0 Å². The topological polar surface area (TPSA) is 82.2 Å². The van der Waals surface area contributed by atoms with Gasteiger partial charge in [-0.25, -0.2) is 0 Å². The van der Waals surface area contributed by atoms with Crippen LogP contribution in [0.3, 0.4) is 0 Å². The lowest BCUT2D eigenvalue weighted by Crippen LogP contribution is -2.13. The van der Waals surface area contributed by atoms with Crippen LogP contribution in [0.4, 0.5) is 5.69 Å². The molecule has 0 aliphatic rings. The highest BCUT2D eigenvalue weighted by Crippen LogP contribution is 2.02. The quantitative estimate of drug-likeness (QED) is 0.515. The highest BCUT2D eigenvalue weighted by molar-refractivity contribution is 5.75. The SMILES string of the molecule is CC(=O)Cn1ccc(=O)c([N+](=O)[O-])c1. The van der Waals surface area contributed by atoms with Crippen LogP contribution >= 0.6 is 0 Å². The molecule has 1 rings (SSSR count). The van der Waals surface area contributed by atoms with Crippen LogP contribution in [0.15, 0.2) is 23.3 Å². The Bertz CT molecular complexity index is 435. The first-order valence-electron chi connectivity index (χ1n) is 3.84. The number of hydrogen-bond donors (Lipinski definition) is 0. The monoisotopic (exact) mass is 196 g/mol. The van der Waals surface area contributed by atoms with Gasteiger partial charge in [-0.05, 0) is 6.92 Å². The molecule has 0 saturated heterocycles. The molecule has 6 heteroatoms. The zero-order valence-corrected chi connectivity index (χ0v) is 7.47. The van der Waals surface area contributed by atoms with Crippen molar-refractivity contribution in [2.24, 2.45) is 0 Å². The molecule has 0 amide bonds. The van der Waals surface area contributed by atoms with Gasteiger partial charge in [-0.1, -0.05) is 0 Å². The maximum atomic E-state index is 11.0. The van der Waals surface area contributed by atoms with Crippen LogP contribution in [-0.2, 0) is 11.3 Å². The lowest BCUT2D eigenvalue weighted by atomic mass is 10.3. The Balaban J connectivity index is 3.13. The fraction of sp³-hybridized carbons (Fsp3) is 0.250. The fourth-order valence-corrected chi connectivity index (χ4v) is 1.01. The molecule has 0 aliphatic carbocycles. The summed E-state index contributed by atoms with van der Waals surface area (Å²) in [5.74, 6) is -0.136. The molecule has 1 heterocycles. The molecule has 0 aromatic carbocycles.